The van der Waals surface area contributed by atoms with Gasteiger partial charge in [0.15, 0.2) is 0 Å². The van der Waals surface area contributed by atoms with Crippen LogP contribution in [0.1, 0.15) is 30.9 Å². The summed E-state index contributed by atoms with van der Waals surface area (Å²) >= 11 is 0. The number of halogens is 1. The maximum Gasteiger partial charge on any atom is 0.264 e. The van der Waals surface area contributed by atoms with Crippen LogP contribution in [0.4, 0.5) is 10.1 Å². The lowest BCUT2D eigenvalue weighted by Gasteiger charge is -2.34. The number of hydrogen-bond acceptors (Lipinski definition) is 5. The Labute approximate surface area is 264 Å². The van der Waals surface area contributed by atoms with Gasteiger partial charge in [-0.1, -0.05) is 74.0 Å². The van der Waals surface area contributed by atoms with Gasteiger partial charge in [0.1, 0.15) is 24.2 Å². The summed E-state index contributed by atoms with van der Waals surface area (Å²) in [6.07, 6.45) is 1.83. The van der Waals surface area contributed by atoms with Crippen LogP contribution in [-0.2, 0) is 32.6 Å². The summed E-state index contributed by atoms with van der Waals surface area (Å²) in [5, 5.41) is 2.95. The third-order valence-electron chi connectivity index (χ3n) is 7.34. The van der Waals surface area contributed by atoms with E-state index in [0.717, 1.165) is 22.7 Å². The number of unbranched alkanes of at least 4 members (excludes halogenated alkanes) is 1. The van der Waals surface area contributed by atoms with E-state index in [0.29, 0.717) is 17.9 Å². The largest absolute Gasteiger partial charge is 0.497 e. The summed E-state index contributed by atoms with van der Waals surface area (Å²) in [7, 11) is -2.74. The van der Waals surface area contributed by atoms with E-state index in [4.69, 9.17) is 4.74 Å². The molecule has 0 saturated heterocycles. The van der Waals surface area contributed by atoms with E-state index in [1.54, 1.807) is 42.5 Å². The highest BCUT2D eigenvalue weighted by Gasteiger charge is 2.34. The Kier molecular flexibility index (Phi) is 11.7. The summed E-state index contributed by atoms with van der Waals surface area (Å²) in [4.78, 5) is 29.5. The van der Waals surface area contributed by atoms with Crippen molar-refractivity contribution in [1.82, 2.24) is 10.2 Å². The number of rotatable bonds is 15. The average Bonchev–Trinajstić information content (AvgIpc) is 3.06. The highest BCUT2D eigenvalue weighted by molar-refractivity contribution is 7.92. The molecule has 8 nitrogen and oxygen atoms in total. The van der Waals surface area contributed by atoms with Crippen molar-refractivity contribution >= 4 is 27.5 Å². The Morgan fingerprint density at radius 3 is 2.07 bits per heavy atom. The molecule has 0 radical (unpaired) electrons. The molecule has 0 spiro atoms. The molecule has 2 amide bonds. The Balaban J connectivity index is 1.76. The summed E-state index contributed by atoms with van der Waals surface area (Å²) in [6.45, 7) is 1.83. The van der Waals surface area contributed by atoms with Crippen molar-refractivity contribution in [2.75, 3.05) is 24.5 Å². The molecule has 4 aromatic carbocycles. The van der Waals surface area contributed by atoms with Crippen LogP contribution in [0.25, 0.3) is 0 Å². The number of carbonyl (C=O) groups excluding carboxylic acids is 2. The molecule has 0 saturated carbocycles. The van der Waals surface area contributed by atoms with Crippen LogP contribution in [0, 0.1) is 5.82 Å². The van der Waals surface area contributed by atoms with Crippen molar-refractivity contribution in [2.24, 2.45) is 0 Å². The van der Waals surface area contributed by atoms with Gasteiger partial charge >= 0.3 is 0 Å². The second kappa shape index (κ2) is 15.9. The van der Waals surface area contributed by atoms with Crippen molar-refractivity contribution in [3.05, 3.63) is 126 Å². The van der Waals surface area contributed by atoms with E-state index in [1.165, 1.54) is 48.4 Å². The molecule has 1 atom stereocenters. The number of nitrogens with one attached hydrogen (secondary N) is 1. The summed E-state index contributed by atoms with van der Waals surface area (Å²) in [5.74, 6) is -0.894. The van der Waals surface area contributed by atoms with E-state index in [2.05, 4.69) is 5.32 Å². The number of benzene rings is 4. The van der Waals surface area contributed by atoms with E-state index in [1.807, 2.05) is 37.3 Å². The monoisotopic (exact) mass is 631 g/mol. The van der Waals surface area contributed by atoms with Crippen LogP contribution >= 0.6 is 0 Å². The lowest BCUT2D eigenvalue weighted by molar-refractivity contribution is -0.140. The number of anilines is 1. The molecule has 0 aliphatic carbocycles. The lowest BCUT2D eigenvalue weighted by atomic mass is 10.0. The van der Waals surface area contributed by atoms with Gasteiger partial charge in [-0.25, -0.2) is 12.8 Å². The first-order valence-corrected chi connectivity index (χ1v) is 16.2. The number of hydrogen-bond donors (Lipinski definition) is 1. The molecule has 4 aromatic rings. The number of para-hydroxylation sites is 1. The maximum absolute atomic E-state index is 14.4. The molecule has 0 bridgehead atoms. The molecule has 0 heterocycles. The van der Waals surface area contributed by atoms with Crippen molar-refractivity contribution in [3.8, 4) is 5.75 Å². The van der Waals surface area contributed by atoms with Gasteiger partial charge in [0.2, 0.25) is 11.8 Å². The first kappa shape index (κ1) is 33.2. The van der Waals surface area contributed by atoms with Crippen LogP contribution < -0.4 is 14.4 Å². The molecule has 0 aliphatic heterocycles. The Bertz CT molecular complexity index is 1630. The highest BCUT2D eigenvalue weighted by atomic mass is 32.2. The number of ether oxygens (including phenoxy) is 1. The molecule has 0 aliphatic rings. The first-order chi connectivity index (χ1) is 21.7. The SMILES string of the molecule is CCCCNC(=O)C(Cc1ccccc1)N(Cc1ccc(F)cc1)C(=O)CN(c1ccccc1)S(=O)(=O)c1ccc(OC)cc1. The fourth-order valence-electron chi connectivity index (χ4n) is 4.84. The number of amides is 2. The Morgan fingerprint density at radius 2 is 1.47 bits per heavy atom. The van der Waals surface area contributed by atoms with Crippen molar-refractivity contribution in [1.29, 1.82) is 0 Å². The average molecular weight is 632 g/mol. The van der Waals surface area contributed by atoms with Crippen molar-refractivity contribution in [3.63, 3.8) is 0 Å². The maximum atomic E-state index is 14.4. The van der Waals surface area contributed by atoms with Gasteiger partial charge in [-0.3, -0.25) is 13.9 Å². The summed E-state index contributed by atoms with van der Waals surface area (Å²) in [6, 6.07) is 28.3. The predicted molar refractivity (Wildman–Crippen MR) is 173 cm³/mol. The molecule has 0 aromatic heterocycles. The van der Waals surface area contributed by atoms with Crippen LogP contribution in [0.5, 0.6) is 5.75 Å². The lowest BCUT2D eigenvalue weighted by Crippen LogP contribution is -2.53. The Hall–Kier alpha value is -4.70. The minimum absolute atomic E-state index is 0.0248. The molecule has 1 unspecified atom stereocenters. The predicted octanol–water partition coefficient (Wildman–Crippen LogP) is 5.59. The molecule has 0 fully saturated rings. The molecule has 4 rings (SSSR count). The van der Waals surface area contributed by atoms with Crippen LogP contribution in [0.3, 0.4) is 0 Å². The fraction of sp³-hybridized carbons (Fsp3) is 0.257. The van der Waals surface area contributed by atoms with E-state index < -0.39 is 34.3 Å². The summed E-state index contributed by atoms with van der Waals surface area (Å²) < 4.78 is 48.1. The molecule has 1 N–H and O–H groups in total. The van der Waals surface area contributed by atoms with Crippen molar-refractivity contribution in [2.45, 2.75) is 43.7 Å². The number of methoxy groups -OCH3 is 1. The topological polar surface area (TPSA) is 96.0 Å². The Morgan fingerprint density at radius 1 is 0.844 bits per heavy atom. The minimum atomic E-state index is -4.23. The third-order valence-corrected chi connectivity index (χ3v) is 9.13. The van der Waals surface area contributed by atoms with Gasteiger partial charge in [-0.2, -0.15) is 0 Å². The summed E-state index contributed by atoms with van der Waals surface area (Å²) in [5.41, 5.74) is 1.71. The first-order valence-electron chi connectivity index (χ1n) is 14.8. The quantitative estimate of drug-likeness (QED) is 0.173. The van der Waals surface area contributed by atoms with Crippen LogP contribution in [-0.4, -0.2) is 51.4 Å². The smallest absolute Gasteiger partial charge is 0.264 e. The molecular weight excluding hydrogens is 593 g/mol. The van der Waals surface area contributed by atoms with Crippen molar-refractivity contribution < 1.29 is 27.1 Å². The molecule has 236 valence electrons. The molecule has 45 heavy (non-hydrogen) atoms. The van der Waals surface area contributed by atoms with Gasteiger partial charge in [0.05, 0.1) is 17.7 Å². The van der Waals surface area contributed by atoms with Gasteiger partial charge in [0, 0.05) is 19.5 Å². The molecule has 10 heteroatoms. The van der Waals surface area contributed by atoms with Gasteiger partial charge in [0.25, 0.3) is 10.0 Å². The zero-order valence-corrected chi connectivity index (χ0v) is 26.3. The van der Waals surface area contributed by atoms with Gasteiger partial charge < -0.3 is 15.0 Å². The number of sulfonamides is 1. The highest BCUT2D eigenvalue weighted by Crippen LogP contribution is 2.26. The van der Waals surface area contributed by atoms with E-state index in [9.17, 15) is 22.4 Å². The van der Waals surface area contributed by atoms with E-state index >= 15 is 0 Å². The van der Waals surface area contributed by atoms with Crippen LogP contribution in [0.2, 0.25) is 0 Å². The number of nitrogens with zero attached hydrogens (tertiary/aromatic N) is 2. The minimum Gasteiger partial charge on any atom is -0.497 e. The molecular formula is C35H38FN3O5S. The zero-order chi connectivity index (χ0) is 32.2. The zero-order valence-electron chi connectivity index (χ0n) is 25.4. The second-order valence-corrected chi connectivity index (χ2v) is 12.4. The van der Waals surface area contributed by atoms with Crippen LogP contribution in [0.15, 0.2) is 114 Å². The fourth-order valence-corrected chi connectivity index (χ4v) is 6.26. The standard InChI is InChI=1S/C35H38FN3O5S/c1-3-4-23-37-35(41)33(24-27-11-7-5-8-12-27)38(25-28-15-17-29(36)18-16-28)34(40)26-39(30-13-9-6-10-14-30)45(42,43)32-21-19-31(44-2)20-22-32/h5-22,33H,3-4,23-26H2,1-2H3,(H,37,41). The normalized spacial score (nSPS) is 11.8. The van der Waals surface area contributed by atoms with E-state index in [-0.39, 0.29) is 29.5 Å². The third kappa shape index (κ3) is 8.92. The van der Waals surface area contributed by atoms with Gasteiger partial charge in [-0.05, 0) is 66.1 Å². The number of carbonyl (C=O) groups is 2. The second-order valence-electron chi connectivity index (χ2n) is 10.5. The van der Waals surface area contributed by atoms with Gasteiger partial charge in [-0.15, -0.1) is 0 Å².